The van der Waals surface area contributed by atoms with Crippen molar-refractivity contribution in [2.45, 2.75) is 26.6 Å². The highest BCUT2D eigenvalue weighted by Crippen LogP contribution is 2.24. The average Bonchev–Trinajstić information content (AvgIpc) is 2.37. The van der Waals surface area contributed by atoms with E-state index in [4.69, 9.17) is 0 Å². The molecule has 1 aromatic heterocycles. The summed E-state index contributed by atoms with van der Waals surface area (Å²) in [7, 11) is 0. The minimum absolute atomic E-state index is 0.114. The second-order valence-corrected chi connectivity index (χ2v) is 5.42. The van der Waals surface area contributed by atoms with Crippen molar-refractivity contribution in [3.05, 3.63) is 22.9 Å². The Balaban J connectivity index is 2.09. The van der Waals surface area contributed by atoms with E-state index in [2.05, 4.69) is 4.98 Å². The third-order valence-corrected chi connectivity index (χ3v) is 3.69. The average molecular weight is 303 g/mol. The Labute approximate surface area is 122 Å². The molecule has 0 unspecified atom stereocenters. The van der Waals surface area contributed by atoms with Gasteiger partial charge in [0.05, 0.1) is 13.2 Å². The molecule has 0 amide bonds. The maximum absolute atomic E-state index is 12.4. The molecule has 118 valence electrons. The van der Waals surface area contributed by atoms with Crippen LogP contribution in [0.1, 0.15) is 16.8 Å². The fourth-order valence-electron chi connectivity index (χ4n) is 2.67. The van der Waals surface area contributed by atoms with Crippen molar-refractivity contribution in [2.75, 3.05) is 37.6 Å². The van der Waals surface area contributed by atoms with Crippen LogP contribution in [0.15, 0.2) is 6.07 Å². The number of aromatic nitrogens is 1. The highest BCUT2D eigenvalue weighted by molar-refractivity contribution is 5.51. The van der Waals surface area contributed by atoms with Gasteiger partial charge in [-0.3, -0.25) is 4.90 Å². The maximum atomic E-state index is 12.4. The van der Waals surface area contributed by atoms with Crippen molar-refractivity contribution in [1.82, 2.24) is 9.88 Å². The standard InChI is InChI=1S/C14H20F3N3O/c1-10-7-11(2)18-13(12(10)8-21)20-5-3-19(4-6-20)9-14(15,16)17/h7,21H,3-6,8-9H2,1-2H3. The van der Waals surface area contributed by atoms with Gasteiger partial charge in [-0.05, 0) is 25.5 Å². The quantitative estimate of drug-likeness (QED) is 0.925. The van der Waals surface area contributed by atoms with Gasteiger partial charge in [0.1, 0.15) is 5.82 Å². The molecule has 1 aliphatic rings. The van der Waals surface area contributed by atoms with Gasteiger partial charge in [-0.1, -0.05) is 0 Å². The molecule has 1 aliphatic heterocycles. The molecule has 1 N–H and O–H groups in total. The third-order valence-electron chi connectivity index (χ3n) is 3.69. The molecule has 0 atom stereocenters. The van der Waals surface area contributed by atoms with Crippen LogP contribution < -0.4 is 4.90 Å². The van der Waals surface area contributed by atoms with E-state index in [-0.39, 0.29) is 6.61 Å². The molecule has 0 radical (unpaired) electrons. The molecule has 2 rings (SSSR count). The molecule has 1 aromatic rings. The molecule has 1 saturated heterocycles. The van der Waals surface area contributed by atoms with E-state index in [1.165, 1.54) is 4.90 Å². The van der Waals surface area contributed by atoms with Gasteiger partial charge < -0.3 is 10.0 Å². The lowest BCUT2D eigenvalue weighted by Crippen LogP contribution is -2.49. The van der Waals surface area contributed by atoms with Crippen LogP contribution in [0.3, 0.4) is 0 Å². The summed E-state index contributed by atoms with van der Waals surface area (Å²) >= 11 is 0. The summed E-state index contributed by atoms with van der Waals surface area (Å²) in [5, 5.41) is 9.50. The Morgan fingerprint density at radius 3 is 2.33 bits per heavy atom. The number of nitrogens with zero attached hydrogens (tertiary/aromatic N) is 3. The SMILES string of the molecule is Cc1cc(C)c(CO)c(N2CCN(CC(F)(F)F)CC2)n1. The first kappa shape index (κ1) is 16.0. The van der Waals surface area contributed by atoms with Crippen LogP contribution in [0.4, 0.5) is 19.0 Å². The Hall–Kier alpha value is -1.34. The van der Waals surface area contributed by atoms with Gasteiger partial charge >= 0.3 is 6.18 Å². The molecule has 1 fully saturated rings. The zero-order valence-corrected chi connectivity index (χ0v) is 12.2. The first-order valence-electron chi connectivity index (χ1n) is 6.92. The normalized spacial score (nSPS) is 17.3. The Bertz CT molecular complexity index is 497. The van der Waals surface area contributed by atoms with Gasteiger partial charge in [-0.25, -0.2) is 4.98 Å². The highest BCUT2D eigenvalue weighted by Gasteiger charge is 2.32. The second kappa shape index (κ2) is 6.19. The number of rotatable bonds is 3. The molecule has 0 bridgehead atoms. The summed E-state index contributed by atoms with van der Waals surface area (Å²) < 4.78 is 37.2. The van der Waals surface area contributed by atoms with Crippen molar-refractivity contribution in [3.8, 4) is 0 Å². The number of anilines is 1. The van der Waals surface area contributed by atoms with Crippen molar-refractivity contribution in [2.24, 2.45) is 0 Å². The van der Waals surface area contributed by atoms with E-state index in [1.807, 2.05) is 24.8 Å². The van der Waals surface area contributed by atoms with E-state index in [1.54, 1.807) is 0 Å². The largest absolute Gasteiger partial charge is 0.401 e. The number of hydrogen-bond acceptors (Lipinski definition) is 4. The van der Waals surface area contributed by atoms with E-state index < -0.39 is 12.7 Å². The Kier molecular flexibility index (Phi) is 4.73. The Morgan fingerprint density at radius 1 is 1.19 bits per heavy atom. The summed E-state index contributed by atoms with van der Waals surface area (Å²) in [6.45, 7) is 4.46. The number of pyridine rings is 1. The van der Waals surface area contributed by atoms with E-state index in [0.717, 1.165) is 16.8 Å². The molecule has 0 saturated carbocycles. The summed E-state index contributed by atoms with van der Waals surface area (Å²) in [6, 6.07) is 1.90. The van der Waals surface area contributed by atoms with E-state index in [9.17, 15) is 18.3 Å². The lowest BCUT2D eigenvalue weighted by Gasteiger charge is -2.36. The van der Waals surface area contributed by atoms with Gasteiger partial charge in [0.25, 0.3) is 0 Å². The maximum Gasteiger partial charge on any atom is 0.401 e. The lowest BCUT2D eigenvalue weighted by molar-refractivity contribution is -0.146. The number of hydrogen-bond donors (Lipinski definition) is 1. The molecular weight excluding hydrogens is 283 g/mol. The van der Waals surface area contributed by atoms with Gasteiger partial charge in [0.15, 0.2) is 0 Å². The number of halogens is 3. The van der Waals surface area contributed by atoms with E-state index >= 15 is 0 Å². The third kappa shape index (κ3) is 4.07. The van der Waals surface area contributed by atoms with Crippen molar-refractivity contribution in [1.29, 1.82) is 0 Å². The fraction of sp³-hybridized carbons (Fsp3) is 0.643. The first-order chi connectivity index (χ1) is 9.80. The topological polar surface area (TPSA) is 39.6 Å². The minimum atomic E-state index is -4.16. The summed E-state index contributed by atoms with van der Waals surface area (Å²) in [5.41, 5.74) is 2.56. The fourth-order valence-corrected chi connectivity index (χ4v) is 2.67. The van der Waals surface area contributed by atoms with Crippen molar-refractivity contribution >= 4 is 5.82 Å². The zero-order valence-electron chi connectivity index (χ0n) is 12.2. The smallest absolute Gasteiger partial charge is 0.392 e. The molecular formula is C14H20F3N3O. The predicted octanol–water partition coefficient (Wildman–Crippen LogP) is 1.88. The lowest BCUT2D eigenvalue weighted by atomic mass is 10.1. The molecule has 7 heteroatoms. The van der Waals surface area contributed by atoms with Crippen LogP contribution in [-0.4, -0.2) is 53.9 Å². The number of aliphatic hydroxyl groups excluding tert-OH is 1. The van der Waals surface area contributed by atoms with E-state index in [0.29, 0.717) is 32.0 Å². The monoisotopic (exact) mass is 303 g/mol. The molecule has 4 nitrogen and oxygen atoms in total. The highest BCUT2D eigenvalue weighted by atomic mass is 19.4. The molecule has 21 heavy (non-hydrogen) atoms. The first-order valence-corrected chi connectivity index (χ1v) is 6.92. The second-order valence-electron chi connectivity index (χ2n) is 5.42. The molecule has 2 heterocycles. The van der Waals surface area contributed by atoms with Gasteiger partial charge in [0.2, 0.25) is 0 Å². The molecule has 0 spiro atoms. The Morgan fingerprint density at radius 2 is 1.81 bits per heavy atom. The van der Waals surface area contributed by atoms with Gasteiger partial charge in [-0.2, -0.15) is 13.2 Å². The number of aliphatic hydroxyl groups is 1. The zero-order chi connectivity index (χ0) is 15.6. The van der Waals surface area contributed by atoms with Crippen LogP contribution in [0.2, 0.25) is 0 Å². The predicted molar refractivity (Wildman–Crippen MR) is 74.3 cm³/mol. The summed E-state index contributed by atoms with van der Waals surface area (Å²) in [4.78, 5) is 7.81. The molecule has 0 aromatic carbocycles. The summed E-state index contributed by atoms with van der Waals surface area (Å²) in [6.07, 6.45) is -4.16. The van der Waals surface area contributed by atoms with Crippen LogP contribution in [0.5, 0.6) is 0 Å². The van der Waals surface area contributed by atoms with Gasteiger partial charge in [0, 0.05) is 37.4 Å². The van der Waals surface area contributed by atoms with Crippen molar-refractivity contribution in [3.63, 3.8) is 0 Å². The van der Waals surface area contributed by atoms with Crippen LogP contribution in [0, 0.1) is 13.8 Å². The van der Waals surface area contributed by atoms with Crippen LogP contribution >= 0.6 is 0 Å². The number of aryl methyl sites for hydroxylation is 2. The van der Waals surface area contributed by atoms with Gasteiger partial charge in [-0.15, -0.1) is 0 Å². The van der Waals surface area contributed by atoms with Crippen LogP contribution in [-0.2, 0) is 6.61 Å². The molecule has 0 aliphatic carbocycles. The number of alkyl halides is 3. The minimum Gasteiger partial charge on any atom is -0.392 e. The van der Waals surface area contributed by atoms with Crippen molar-refractivity contribution < 1.29 is 18.3 Å². The summed E-state index contributed by atoms with van der Waals surface area (Å²) in [5.74, 6) is 0.696. The number of piperazine rings is 1. The van der Waals surface area contributed by atoms with Crippen LogP contribution in [0.25, 0.3) is 0 Å².